The van der Waals surface area contributed by atoms with Crippen molar-refractivity contribution in [3.63, 3.8) is 0 Å². The predicted molar refractivity (Wildman–Crippen MR) is 61.8 cm³/mol. The second-order valence-corrected chi connectivity index (χ2v) is 4.31. The van der Waals surface area contributed by atoms with Crippen LogP contribution < -0.4 is 0 Å². The SMILES string of the molecule is Cc1cc2nc3cc(Cl)c(Cl)cc3n2[nH]1. The van der Waals surface area contributed by atoms with Crippen LogP contribution in [0.25, 0.3) is 16.7 Å². The van der Waals surface area contributed by atoms with E-state index in [1.807, 2.05) is 23.6 Å². The van der Waals surface area contributed by atoms with Gasteiger partial charge in [0, 0.05) is 11.8 Å². The van der Waals surface area contributed by atoms with Crippen molar-refractivity contribution in [2.45, 2.75) is 6.92 Å². The van der Waals surface area contributed by atoms with Gasteiger partial charge in [-0.25, -0.2) is 9.50 Å². The predicted octanol–water partition coefficient (Wildman–Crippen LogP) is 3.43. The van der Waals surface area contributed by atoms with Gasteiger partial charge in [0.1, 0.15) is 0 Å². The van der Waals surface area contributed by atoms with Gasteiger partial charge in [-0.2, -0.15) is 0 Å². The highest BCUT2D eigenvalue weighted by Crippen LogP contribution is 2.28. The van der Waals surface area contributed by atoms with Crippen molar-refractivity contribution >= 4 is 39.9 Å². The maximum Gasteiger partial charge on any atom is 0.154 e. The zero-order valence-corrected chi connectivity index (χ0v) is 9.39. The Hall–Kier alpha value is -1.19. The third kappa shape index (κ3) is 1.24. The quantitative estimate of drug-likeness (QED) is 0.641. The molecule has 0 atom stereocenters. The molecule has 0 fully saturated rings. The highest BCUT2D eigenvalue weighted by molar-refractivity contribution is 6.42. The van der Waals surface area contributed by atoms with Gasteiger partial charge in [-0.3, -0.25) is 5.10 Å². The minimum absolute atomic E-state index is 0.529. The Kier molecular flexibility index (Phi) is 1.75. The van der Waals surface area contributed by atoms with Gasteiger partial charge in [0.15, 0.2) is 5.65 Å². The molecule has 2 heterocycles. The lowest BCUT2D eigenvalue weighted by Gasteiger charge is -1.95. The molecular weight excluding hydrogens is 233 g/mol. The molecule has 3 rings (SSSR count). The van der Waals surface area contributed by atoms with Gasteiger partial charge in [0.25, 0.3) is 0 Å². The first-order valence-corrected chi connectivity index (χ1v) is 5.23. The van der Waals surface area contributed by atoms with E-state index in [2.05, 4.69) is 10.1 Å². The molecule has 0 radical (unpaired) electrons. The molecule has 0 aliphatic heterocycles. The number of aryl methyl sites for hydroxylation is 1. The Morgan fingerprint density at radius 3 is 2.73 bits per heavy atom. The summed E-state index contributed by atoms with van der Waals surface area (Å²) in [5, 5.41) is 4.25. The van der Waals surface area contributed by atoms with E-state index in [9.17, 15) is 0 Å². The number of rotatable bonds is 0. The van der Waals surface area contributed by atoms with Gasteiger partial charge in [0.05, 0.1) is 21.1 Å². The van der Waals surface area contributed by atoms with Crippen molar-refractivity contribution in [2.24, 2.45) is 0 Å². The molecule has 5 heteroatoms. The summed E-state index contributed by atoms with van der Waals surface area (Å²) >= 11 is 11.9. The molecule has 1 aromatic carbocycles. The number of halogens is 2. The molecule has 0 saturated carbocycles. The standard InChI is InChI=1S/C10H7Cl2N3/c1-5-2-10-13-8-3-6(11)7(12)4-9(8)15(10)14-5/h2-4,14H,1H3. The Bertz CT molecular complexity index is 666. The number of hydrogen-bond donors (Lipinski definition) is 1. The van der Waals surface area contributed by atoms with E-state index in [0.717, 1.165) is 22.4 Å². The Balaban J connectivity index is 2.52. The number of aromatic nitrogens is 3. The lowest BCUT2D eigenvalue weighted by Crippen LogP contribution is -1.83. The summed E-state index contributed by atoms with van der Waals surface area (Å²) in [4.78, 5) is 4.43. The first-order valence-electron chi connectivity index (χ1n) is 4.48. The lowest BCUT2D eigenvalue weighted by atomic mass is 10.3. The molecule has 0 aliphatic carbocycles. The molecule has 0 bridgehead atoms. The van der Waals surface area contributed by atoms with E-state index in [1.165, 1.54) is 0 Å². The molecule has 3 nitrogen and oxygen atoms in total. The van der Waals surface area contributed by atoms with Crippen LogP contribution in [0.15, 0.2) is 18.2 Å². The molecule has 0 aliphatic rings. The first kappa shape index (κ1) is 9.07. The fraction of sp³-hybridized carbons (Fsp3) is 0.100. The van der Waals surface area contributed by atoms with Gasteiger partial charge >= 0.3 is 0 Å². The van der Waals surface area contributed by atoms with Crippen LogP contribution in [0.2, 0.25) is 10.0 Å². The molecule has 0 spiro atoms. The number of hydrogen-bond acceptors (Lipinski definition) is 1. The van der Waals surface area contributed by atoms with Crippen LogP contribution in [0, 0.1) is 6.92 Å². The van der Waals surface area contributed by atoms with E-state index >= 15 is 0 Å². The highest BCUT2D eigenvalue weighted by Gasteiger charge is 2.09. The fourth-order valence-electron chi connectivity index (χ4n) is 1.71. The minimum Gasteiger partial charge on any atom is -0.297 e. The van der Waals surface area contributed by atoms with E-state index < -0.39 is 0 Å². The number of imidazole rings is 1. The molecule has 0 amide bonds. The molecule has 0 saturated heterocycles. The number of fused-ring (bicyclic) bond motifs is 3. The largest absolute Gasteiger partial charge is 0.297 e. The molecule has 2 aromatic heterocycles. The van der Waals surface area contributed by atoms with Crippen LogP contribution in [-0.2, 0) is 0 Å². The number of aromatic amines is 1. The average molecular weight is 240 g/mol. The summed E-state index contributed by atoms with van der Waals surface area (Å²) in [5.74, 6) is 0. The van der Waals surface area contributed by atoms with Crippen LogP contribution in [0.3, 0.4) is 0 Å². The topological polar surface area (TPSA) is 33.1 Å². The first-order chi connectivity index (χ1) is 7.15. The van der Waals surface area contributed by atoms with Crippen molar-refractivity contribution in [3.8, 4) is 0 Å². The van der Waals surface area contributed by atoms with Gasteiger partial charge in [-0.15, -0.1) is 0 Å². The summed E-state index contributed by atoms with van der Waals surface area (Å²) in [6.45, 7) is 1.98. The van der Waals surface area contributed by atoms with E-state index in [1.54, 1.807) is 6.07 Å². The van der Waals surface area contributed by atoms with Crippen molar-refractivity contribution < 1.29 is 0 Å². The fourth-order valence-corrected chi connectivity index (χ4v) is 2.02. The number of H-pyrrole nitrogens is 1. The van der Waals surface area contributed by atoms with Crippen molar-refractivity contribution in [1.82, 2.24) is 14.6 Å². The molecule has 15 heavy (non-hydrogen) atoms. The van der Waals surface area contributed by atoms with Crippen LogP contribution in [-0.4, -0.2) is 14.6 Å². The normalized spacial score (nSPS) is 11.7. The smallest absolute Gasteiger partial charge is 0.154 e. The molecule has 1 N–H and O–H groups in total. The van der Waals surface area contributed by atoms with Crippen molar-refractivity contribution in [1.29, 1.82) is 0 Å². The van der Waals surface area contributed by atoms with E-state index in [4.69, 9.17) is 23.2 Å². The maximum atomic E-state index is 5.96. The Morgan fingerprint density at radius 1 is 1.20 bits per heavy atom. The third-order valence-corrected chi connectivity index (χ3v) is 3.08. The Morgan fingerprint density at radius 2 is 1.93 bits per heavy atom. The highest BCUT2D eigenvalue weighted by atomic mass is 35.5. The van der Waals surface area contributed by atoms with Crippen molar-refractivity contribution in [2.75, 3.05) is 0 Å². The van der Waals surface area contributed by atoms with Gasteiger partial charge in [0.2, 0.25) is 0 Å². The number of benzene rings is 1. The Labute approximate surface area is 95.6 Å². The second-order valence-electron chi connectivity index (χ2n) is 3.50. The summed E-state index contributed by atoms with van der Waals surface area (Å²) < 4.78 is 1.90. The zero-order valence-electron chi connectivity index (χ0n) is 7.88. The third-order valence-electron chi connectivity index (χ3n) is 2.36. The summed E-state index contributed by atoms with van der Waals surface area (Å²) in [6, 6.07) is 5.56. The second kappa shape index (κ2) is 2.90. The minimum atomic E-state index is 0.529. The summed E-state index contributed by atoms with van der Waals surface area (Å²) in [6.07, 6.45) is 0. The molecule has 3 aromatic rings. The average Bonchev–Trinajstić information content (AvgIpc) is 2.64. The molecule has 0 unspecified atom stereocenters. The number of nitrogens with one attached hydrogen (secondary N) is 1. The van der Waals surface area contributed by atoms with Crippen LogP contribution in [0.5, 0.6) is 0 Å². The van der Waals surface area contributed by atoms with Crippen LogP contribution in [0.1, 0.15) is 5.69 Å². The van der Waals surface area contributed by atoms with E-state index in [-0.39, 0.29) is 0 Å². The molecular formula is C10H7Cl2N3. The lowest BCUT2D eigenvalue weighted by molar-refractivity contribution is 0.974. The van der Waals surface area contributed by atoms with E-state index in [0.29, 0.717) is 10.0 Å². The monoisotopic (exact) mass is 239 g/mol. The van der Waals surface area contributed by atoms with Crippen LogP contribution >= 0.6 is 23.2 Å². The van der Waals surface area contributed by atoms with Crippen LogP contribution in [0.4, 0.5) is 0 Å². The summed E-state index contributed by atoms with van der Waals surface area (Å²) in [7, 11) is 0. The van der Waals surface area contributed by atoms with Gasteiger partial charge in [-0.1, -0.05) is 23.2 Å². The maximum absolute atomic E-state index is 5.96. The summed E-state index contributed by atoms with van der Waals surface area (Å²) in [5.41, 5.74) is 3.72. The number of nitrogens with zero attached hydrogens (tertiary/aromatic N) is 2. The zero-order chi connectivity index (χ0) is 10.6. The van der Waals surface area contributed by atoms with Crippen molar-refractivity contribution in [3.05, 3.63) is 33.9 Å². The van der Waals surface area contributed by atoms with Gasteiger partial charge in [-0.05, 0) is 19.1 Å². The molecule has 76 valence electrons. The van der Waals surface area contributed by atoms with Gasteiger partial charge < -0.3 is 0 Å².